The van der Waals surface area contributed by atoms with Crippen molar-refractivity contribution in [3.8, 4) is 0 Å². The lowest BCUT2D eigenvalue weighted by atomic mass is 10.1. The van der Waals surface area contributed by atoms with Crippen molar-refractivity contribution in [1.82, 2.24) is 4.98 Å². The number of nitrogens with zero attached hydrogens (tertiary/aromatic N) is 2. The smallest absolute Gasteiger partial charge is 0.312 e. The van der Waals surface area contributed by atoms with Crippen LogP contribution in [0.2, 0.25) is 0 Å². The van der Waals surface area contributed by atoms with Crippen molar-refractivity contribution >= 4 is 49.1 Å². The predicted octanol–water partition coefficient (Wildman–Crippen LogP) is 4.88. The van der Waals surface area contributed by atoms with E-state index < -0.39 is 4.92 Å². The maximum atomic E-state index is 11.1. The molecule has 2 aromatic rings. The first kappa shape index (κ1) is 14.9. The number of hydrogen-bond acceptors (Lipinski definition) is 4. The minimum atomic E-state index is -0.461. The molecule has 104 valence electrons. The summed E-state index contributed by atoms with van der Waals surface area (Å²) in [5.74, 6) is 0.214. The molecular formula is C13H11Br2N3O2. The summed E-state index contributed by atoms with van der Waals surface area (Å²) in [6.45, 7) is 3.92. The van der Waals surface area contributed by atoms with E-state index in [-0.39, 0.29) is 11.5 Å². The number of hydrogen-bond donors (Lipinski definition) is 1. The molecule has 0 aliphatic rings. The molecule has 0 unspecified atom stereocenters. The molecule has 0 bridgehead atoms. The summed E-state index contributed by atoms with van der Waals surface area (Å²) in [7, 11) is 0. The lowest BCUT2D eigenvalue weighted by Gasteiger charge is -2.12. The van der Waals surface area contributed by atoms with Crippen molar-refractivity contribution < 1.29 is 4.92 Å². The van der Waals surface area contributed by atoms with E-state index in [0.29, 0.717) is 4.47 Å². The number of benzene rings is 1. The number of anilines is 2. The van der Waals surface area contributed by atoms with Crippen LogP contribution in [-0.2, 0) is 0 Å². The van der Waals surface area contributed by atoms with Crippen molar-refractivity contribution in [2.45, 2.75) is 13.8 Å². The fourth-order valence-electron chi connectivity index (χ4n) is 1.86. The maximum absolute atomic E-state index is 11.1. The molecule has 1 aromatic heterocycles. The summed E-state index contributed by atoms with van der Waals surface area (Å²) in [6, 6.07) is 5.37. The highest BCUT2D eigenvalue weighted by Gasteiger charge is 2.17. The molecule has 2 rings (SSSR count). The van der Waals surface area contributed by atoms with Gasteiger partial charge in [0.15, 0.2) is 0 Å². The molecule has 0 aliphatic carbocycles. The number of halogens is 2. The van der Waals surface area contributed by atoms with E-state index in [1.807, 2.05) is 26.0 Å². The largest absolute Gasteiger partial charge is 0.333 e. The van der Waals surface area contributed by atoms with Crippen molar-refractivity contribution in [1.29, 1.82) is 0 Å². The molecule has 0 saturated heterocycles. The van der Waals surface area contributed by atoms with Gasteiger partial charge in [0.1, 0.15) is 0 Å². The van der Waals surface area contributed by atoms with Crippen molar-refractivity contribution in [3.05, 3.63) is 54.6 Å². The second-order valence-corrected chi connectivity index (χ2v) is 6.11. The molecular weight excluding hydrogens is 390 g/mol. The molecule has 0 spiro atoms. The van der Waals surface area contributed by atoms with Crippen LogP contribution >= 0.6 is 31.9 Å². The second-order valence-electron chi connectivity index (χ2n) is 4.34. The van der Waals surface area contributed by atoms with E-state index in [0.717, 1.165) is 21.3 Å². The SMILES string of the molecule is Cc1cc(C)c(Nc2ncc(Br)cc2[N+](=O)[O-])c(Br)c1. The number of rotatable bonds is 3. The Bertz CT molecular complexity index is 666. The third kappa shape index (κ3) is 3.16. The standard InChI is InChI=1S/C13H11Br2N3O2/c1-7-3-8(2)12(10(15)4-7)17-13-11(18(19)20)5-9(14)6-16-13/h3-6H,1-2H3,(H,16,17). The number of aromatic nitrogens is 1. The van der Waals surface area contributed by atoms with Gasteiger partial charge in [-0.15, -0.1) is 0 Å². The Balaban J connectivity index is 2.48. The van der Waals surface area contributed by atoms with Crippen LogP contribution in [0.1, 0.15) is 11.1 Å². The summed E-state index contributed by atoms with van der Waals surface area (Å²) >= 11 is 6.65. The van der Waals surface area contributed by atoms with Crippen LogP contribution in [0, 0.1) is 24.0 Å². The van der Waals surface area contributed by atoms with E-state index in [2.05, 4.69) is 42.2 Å². The minimum absolute atomic E-state index is 0.0775. The first-order valence-electron chi connectivity index (χ1n) is 5.72. The van der Waals surface area contributed by atoms with Crippen molar-refractivity contribution in [2.24, 2.45) is 0 Å². The fourth-order valence-corrected chi connectivity index (χ4v) is 2.95. The first-order chi connectivity index (χ1) is 9.38. The highest BCUT2D eigenvalue weighted by Crippen LogP contribution is 2.33. The van der Waals surface area contributed by atoms with E-state index in [1.165, 1.54) is 12.3 Å². The first-order valence-corrected chi connectivity index (χ1v) is 7.31. The van der Waals surface area contributed by atoms with Gasteiger partial charge in [0.25, 0.3) is 0 Å². The van der Waals surface area contributed by atoms with Crippen LogP contribution in [0.25, 0.3) is 0 Å². The van der Waals surface area contributed by atoms with Gasteiger partial charge in [-0.3, -0.25) is 10.1 Å². The summed E-state index contributed by atoms with van der Waals surface area (Å²) in [5.41, 5.74) is 2.79. The second kappa shape index (κ2) is 5.88. The fraction of sp³-hybridized carbons (Fsp3) is 0.154. The zero-order valence-corrected chi connectivity index (χ0v) is 13.9. The molecule has 0 saturated carbocycles. The summed E-state index contributed by atoms with van der Waals surface area (Å²) in [5, 5.41) is 14.1. The van der Waals surface area contributed by atoms with Gasteiger partial charge in [-0.25, -0.2) is 4.98 Å². The molecule has 7 heteroatoms. The van der Waals surface area contributed by atoms with Gasteiger partial charge in [-0.1, -0.05) is 6.07 Å². The van der Waals surface area contributed by atoms with Crippen molar-refractivity contribution in [3.63, 3.8) is 0 Å². The average molecular weight is 401 g/mol. The Labute approximate surface area is 132 Å². The van der Waals surface area contributed by atoms with Crippen LogP contribution in [-0.4, -0.2) is 9.91 Å². The topological polar surface area (TPSA) is 68.1 Å². The Hall–Kier alpha value is -1.47. The molecule has 0 radical (unpaired) electrons. The van der Waals surface area contributed by atoms with Crippen LogP contribution < -0.4 is 5.32 Å². The van der Waals surface area contributed by atoms with Gasteiger partial charge in [0, 0.05) is 21.2 Å². The van der Waals surface area contributed by atoms with Crippen LogP contribution in [0.15, 0.2) is 33.3 Å². The monoisotopic (exact) mass is 399 g/mol. The van der Waals surface area contributed by atoms with E-state index in [9.17, 15) is 10.1 Å². The zero-order valence-electron chi connectivity index (χ0n) is 10.8. The number of pyridine rings is 1. The number of nitro groups is 1. The van der Waals surface area contributed by atoms with Gasteiger partial charge in [0.2, 0.25) is 5.82 Å². The molecule has 0 fully saturated rings. The lowest BCUT2D eigenvalue weighted by Crippen LogP contribution is -2.01. The van der Waals surface area contributed by atoms with Crippen LogP contribution in [0.5, 0.6) is 0 Å². The minimum Gasteiger partial charge on any atom is -0.333 e. The molecule has 1 heterocycles. The molecule has 1 aromatic carbocycles. The Morgan fingerprint density at radius 2 is 1.95 bits per heavy atom. The van der Waals surface area contributed by atoms with Gasteiger partial charge in [0.05, 0.1) is 10.6 Å². The molecule has 0 atom stereocenters. The Morgan fingerprint density at radius 3 is 2.55 bits per heavy atom. The van der Waals surface area contributed by atoms with Gasteiger partial charge < -0.3 is 5.32 Å². The van der Waals surface area contributed by atoms with E-state index in [4.69, 9.17) is 0 Å². The number of aryl methyl sites for hydroxylation is 2. The van der Waals surface area contributed by atoms with Crippen LogP contribution in [0.3, 0.4) is 0 Å². The summed E-state index contributed by atoms with van der Waals surface area (Å²) in [6.07, 6.45) is 1.52. The normalized spacial score (nSPS) is 10.4. The third-order valence-corrected chi connectivity index (χ3v) is 3.77. The number of nitrogens with one attached hydrogen (secondary N) is 1. The summed E-state index contributed by atoms with van der Waals surface area (Å²) in [4.78, 5) is 14.7. The third-order valence-electron chi connectivity index (χ3n) is 2.71. The van der Waals surface area contributed by atoms with Gasteiger partial charge >= 0.3 is 5.69 Å². The molecule has 20 heavy (non-hydrogen) atoms. The quantitative estimate of drug-likeness (QED) is 0.589. The highest BCUT2D eigenvalue weighted by atomic mass is 79.9. The maximum Gasteiger partial charge on any atom is 0.312 e. The van der Waals surface area contributed by atoms with Gasteiger partial charge in [-0.05, 0) is 62.9 Å². The summed E-state index contributed by atoms with van der Waals surface area (Å²) < 4.78 is 1.41. The molecule has 0 amide bonds. The van der Waals surface area contributed by atoms with E-state index in [1.54, 1.807) is 0 Å². The molecule has 1 N–H and O–H groups in total. The Morgan fingerprint density at radius 1 is 1.25 bits per heavy atom. The zero-order chi connectivity index (χ0) is 14.9. The van der Waals surface area contributed by atoms with E-state index >= 15 is 0 Å². The molecule has 0 aliphatic heterocycles. The van der Waals surface area contributed by atoms with Crippen LogP contribution in [0.4, 0.5) is 17.2 Å². The van der Waals surface area contributed by atoms with Gasteiger partial charge in [-0.2, -0.15) is 0 Å². The Kier molecular flexibility index (Phi) is 4.39. The molecule has 5 nitrogen and oxygen atoms in total. The lowest BCUT2D eigenvalue weighted by molar-refractivity contribution is -0.384. The average Bonchev–Trinajstić information content (AvgIpc) is 2.34. The highest BCUT2D eigenvalue weighted by molar-refractivity contribution is 9.10. The predicted molar refractivity (Wildman–Crippen MR) is 85.5 cm³/mol. The van der Waals surface area contributed by atoms with Crippen molar-refractivity contribution in [2.75, 3.05) is 5.32 Å².